The van der Waals surface area contributed by atoms with Crippen molar-refractivity contribution in [1.29, 1.82) is 0 Å². The van der Waals surface area contributed by atoms with E-state index in [9.17, 15) is 13.2 Å². The predicted octanol–water partition coefficient (Wildman–Crippen LogP) is 1.82. The van der Waals surface area contributed by atoms with Gasteiger partial charge in [0.2, 0.25) is 0 Å². The summed E-state index contributed by atoms with van der Waals surface area (Å²) in [5.41, 5.74) is 1.27. The average Bonchev–Trinajstić information content (AvgIpc) is 2.94. The Bertz CT molecular complexity index is 820. The standard InChI is InChI=1S/C17H17NO4S/c1-23(20,21)16-9-5-3-7-14(16)17(19)18-11-13-10-12-6-2-4-8-15(12)22-13/h2-9,13H,10-11H2,1H3,(H,18,19)/t13-/m1/s1. The monoisotopic (exact) mass is 331 g/mol. The van der Waals surface area contributed by atoms with Crippen LogP contribution in [0.3, 0.4) is 0 Å². The molecule has 1 N–H and O–H groups in total. The quantitative estimate of drug-likeness (QED) is 0.927. The number of ether oxygens (including phenoxy) is 1. The van der Waals surface area contributed by atoms with Gasteiger partial charge in [-0.1, -0.05) is 30.3 Å². The molecule has 0 bridgehead atoms. The van der Waals surface area contributed by atoms with E-state index in [1.807, 2.05) is 24.3 Å². The molecule has 0 aliphatic carbocycles. The van der Waals surface area contributed by atoms with Crippen molar-refractivity contribution >= 4 is 15.7 Å². The van der Waals surface area contributed by atoms with Crippen molar-refractivity contribution in [2.45, 2.75) is 17.4 Å². The Kier molecular flexibility index (Phi) is 4.09. The molecule has 0 aromatic heterocycles. The number of carbonyl (C=O) groups is 1. The molecule has 0 fully saturated rings. The molecule has 1 aliphatic rings. The van der Waals surface area contributed by atoms with Crippen LogP contribution in [0.25, 0.3) is 0 Å². The summed E-state index contributed by atoms with van der Waals surface area (Å²) in [6, 6.07) is 13.9. The van der Waals surface area contributed by atoms with Gasteiger partial charge in [0, 0.05) is 12.7 Å². The highest BCUT2D eigenvalue weighted by Gasteiger charge is 2.24. The van der Waals surface area contributed by atoms with Crippen molar-refractivity contribution in [2.75, 3.05) is 12.8 Å². The van der Waals surface area contributed by atoms with Gasteiger partial charge in [-0.3, -0.25) is 4.79 Å². The largest absolute Gasteiger partial charge is 0.488 e. The Morgan fingerprint density at radius 3 is 2.61 bits per heavy atom. The van der Waals surface area contributed by atoms with Gasteiger partial charge in [-0.25, -0.2) is 8.42 Å². The van der Waals surface area contributed by atoms with Crippen molar-refractivity contribution in [2.24, 2.45) is 0 Å². The molecule has 5 nitrogen and oxygen atoms in total. The van der Waals surface area contributed by atoms with E-state index in [1.54, 1.807) is 12.1 Å². The van der Waals surface area contributed by atoms with E-state index in [2.05, 4.69) is 5.32 Å². The molecule has 23 heavy (non-hydrogen) atoms. The summed E-state index contributed by atoms with van der Waals surface area (Å²) in [5, 5.41) is 2.76. The second kappa shape index (κ2) is 6.04. The van der Waals surface area contributed by atoms with Crippen LogP contribution in [-0.2, 0) is 16.3 Å². The summed E-state index contributed by atoms with van der Waals surface area (Å²) in [5.74, 6) is 0.425. The number of sulfone groups is 1. The summed E-state index contributed by atoms with van der Waals surface area (Å²) < 4.78 is 29.3. The number of hydrogen-bond acceptors (Lipinski definition) is 4. The number of amides is 1. The van der Waals surface area contributed by atoms with E-state index in [0.29, 0.717) is 6.54 Å². The lowest BCUT2D eigenvalue weighted by atomic mass is 10.1. The van der Waals surface area contributed by atoms with Crippen molar-refractivity contribution in [3.8, 4) is 5.75 Å². The zero-order valence-corrected chi connectivity index (χ0v) is 13.5. The SMILES string of the molecule is CS(=O)(=O)c1ccccc1C(=O)NC[C@H]1Cc2ccccc2O1. The molecular formula is C17H17NO4S. The third-order valence-corrected chi connectivity index (χ3v) is 4.89. The van der Waals surface area contributed by atoms with Crippen molar-refractivity contribution in [3.05, 3.63) is 59.7 Å². The maximum absolute atomic E-state index is 12.3. The molecule has 120 valence electrons. The Hall–Kier alpha value is -2.34. The van der Waals surface area contributed by atoms with Crippen LogP contribution in [0.15, 0.2) is 53.4 Å². The maximum atomic E-state index is 12.3. The highest BCUT2D eigenvalue weighted by atomic mass is 32.2. The van der Waals surface area contributed by atoms with Gasteiger partial charge in [0.15, 0.2) is 9.84 Å². The van der Waals surface area contributed by atoms with Gasteiger partial charge in [-0.2, -0.15) is 0 Å². The fourth-order valence-corrected chi connectivity index (χ4v) is 3.53. The van der Waals surface area contributed by atoms with Crippen LogP contribution in [0.5, 0.6) is 5.75 Å². The minimum absolute atomic E-state index is 0.0353. The number of fused-ring (bicyclic) bond motifs is 1. The third kappa shape index (κ3) is 3.37. The van der Waals surface area contributed by atoms with Gasteiger partial charge >= 0.3 is 0 Å². The maximum Gasteiger partial charge on any atom is 0.252 e. The van der Waals surface area contributed by atoms with Gasteiger partial charge in [-0.15, -0.1) is 0 Å². The lowest BCUT2D eigenvalue weighted by Crippen LogP contribution is -2.35. The first-order valence-corrected chi connectivity index (χ1v) is 9.16. The third-order valence-electron chi connectivity index (χ3n) is 3.74. The van der Waals surface area contributed by atoms with Crippen LogP contribution in [0.1, 0.15) is 15.9 Å². The fourth-order valence-electron chi connectivity index (χ4n) is 2.65. The second-order valence-electron chi connectivity index (χ2n) is 5.53. The Labute approximate surface area is 135 Å². The molecule has 2 aromatic rings. The molecule has 0 spiro atoms. The topological polar surface area (TPSA) is 72.5 Å². The van der Waals surface area contributed by atoms with Crippen molar-refractivity contribution < 1.29 is 17.9 Å². The van der Waals surface area contributed by atoms with E-state index in [0.717, 1.165) is 24.0 Å². The first-order valence-electron chi connectivity index (χ1n) is 7.27. The lowest BCUT2D eigenvalue weighted by Gasteiger charge is -2.13. The molecule has 1 aliphatic heterocycles. The van der Waals surface area contributed by atoms with E-state index < -0.39 is 15.7 Å². The Morgan fingerprint density at radius 2 is 1.87 bits per heavy atom. The molecule has 3 rings (SSSR count). The number of nitrogens with one attached hydrogen (secondary N) is 1. The van der Waals surface area contributed by atoms with E-state index in [1.165, 1.54) is 12.1 Å². The van der Waals surface area contributed by atoms with Crippen molar-refractivity contribution in [3.63, 3.8) is 0 Å². The minimum atomic E-state index is -3.45. The summed E-state index contributed by atoms with van der Waals surface area (Å²) in [6.45, 7) is 0.325. The van der Waals surface area contributed by atoms with Crippen LogP contribution in [0.4, 0.5) is 0 Å². The summed E-state index contributed by atoms with van der Waals surface area (Å²) >= 11 is 0. The normalized spacial score (nSPS) is 16.5. The van der Waals surface area contributed by atoms with Gasteiger partial charge in [-0.05, 0) is 23.8 Å². The van der Waals surface area contributed by atoms with Gasteiger partial charge in [0.1, 0.15) is 11.9 Å². The predicted molar refractivity (Wildman–Crippen MR) is 86.4 cm³/mol. The molecule has 0 unspecified atom stereocenters. The molecule has 1 atom stereocenters. The summed E-state index contributed by atoms with van der Waals surface area (Å²) in [4.78, 5) is 12.3. The molecule has 1 heterocycles. The fraction of sp³-hybridized carbons (Fsp3) is 0.235. The Morgan fingerprint density at radius 1 is 1.17 bits per heavy atom. The summed E-state index contributed by atoms with van der Waals surface area (Å²) in [7, 11) is -3.45. The van der Waals surface area contributed by atoms with Gasteiger partial charge in [0.25, 0.3) is 5.91 Å². The number of benzene rings is 2. The summed E-state index contributed by atoms with van der Waals surface area (Å²) in [6.07, 6.45) is 1.68. The molecule has 1 amide bonds. The molecule has 6 heteroatoms. The average molecular weight is 331 g/mol. The van der Waals surface area contributed by atoms with Crippen LogP contribution in [0, 0.1) is 0 Å². The highest BCUT2D eigenvalue weighted by Crippen LogP contribution is 2.27. The number of para-hydroxylation sites is 1. The van der Waals surface area contributed by atoms with Crippen LogP contribution >= 0.6 is 0 Å². The number of hydrogen-bond donors (Lipinski definition) is 1. The lowest BCUT2D eigenvalue weighted by molar-refractivity contribution is 0.0930. The van der Waals surface area contributed by atoms with Crippen LogP contribution < -0.4 is 10.1 Å². The zero-order chi connectivity index (χ0) is 16.4. The smallest absolute Gasteiger partial charge is 0.252 e. The van der Waals surface area contributed by atoms with Crippen LogP contribution in [0.2, 0.25) is 0 Å². The molecule has 0 saturated carbocycles. The van der Waals surface area contributed by atoms with Crippen LogP contribution in [-0.4, -0.2) is 33.2 Å². The molecule has 0 saturated heterocycles. The minimum Gasteiger partial charge on any atom is -0.488 e. The Balaban J connectivity index is 1.68. The molecular weight excluding hydrogens is 314 g/mol. The van der Waals surface area contributed by atoms with E-state index in [-0.39, 0.29) is 16.6 Å². The van der Waals surface area contributed by atoms with Gasteiger partial charge in [0.05, 0.1) is 17.0 Å². The van der Waals surface area contributed by atoms with E-state index in [4.69, 9.17) is 4.74 Å². The zero-order valence-electron chi connectivity index (χ0n) is 12.7. The second-order valence-corrected chi connectivity index (χ2v) is 7.51. The first-order chi connectivity index (χ1) is 10.9. The highest BCUT2D eigenvalue weighted by molar-refractivity contribution is 7.90. The first kappa shape index (κ1) is 15.6. The van der Waals surface area contributed by atoms with Gasteiger partial charge < -0.3 is 10.1 Å². The molecule has 2 aromatic carbocycles. The van der Waals surface area contributed by atoms with Crippen molar-refractivity contribution in [1.82, 2.24) is 5.32 Å². The number of carbonyl (C=O) groups excluding carboxylic acids is 1. The number of rotatable bonds is 4. The van der Waals surface area contributed by atoms with E-state index >= 15 is 0 Å². The molecule has 0 radical (unpaired) electrons.